The molecule has 0 aliphatic heterocycles. The largest absolute Gasteiger partial charge is 0.335 e. The summed E-state index contributed by atoms with van der Waals surface area (Å²) in [5, 5.41) is 5.79. The Morgan fingerprint density at radius 2 is 2.15 bits per heavy atom. The molecule has 0 aromatic carbocycles. The van der Waals surface area contributed by atoms with Crippen LogP contribution in [0.25, 0.3) is 0 Å². The molecule has 2 aromatic rings. The second-order valence-corrected chi connectivity index (χ2v) is 4.79. The Morgan fingerprint density at radius 3 is 2.80 bits per heavy atom. The minimum Gasteiger partial charge on any atom is -0.335 e. The fourth-order valence-corrected chi connectivity index (χ4v) is 1.93. The zero-order chi connectivity index (χ0) is 14.4. The number of hydrogen-bond acceptors (Lipinski definition) is 3. The summed E-state index contributed by atoms with van der Waals surface area (Å²) in [6, 6.07) is 3.54. The third kappa shape index (κ3) is 4.08. The molecule has 2 aromatic heterocycles. The first-order valence-corrected chi connectivity index (χ1v) is 6.58. The smallest absolute Gasteiger partial charge is 0.315 e. The van der Waals surface area contributed by atoms with Crippen LogP contribution in [0, 0.1) is 0 Å². The monoisotopic (exact) mass is 273 g/mol. The molecular formula is C14H19N5O. The second kappa shape index (κ2) is 6.70. The normalized spacial score (nSPS) is 13.5. The van der Waals surface area contributed by atoms with E-state index in [0.29, 0.717) is 6.54 Å². The number of nitrogens with zero attached hydrogens (tertiary/aromatic N) is 3. The number of rotatable bonds is 5. The molecule has 0 unspecified atom stereocenters. The lowest BCUT2D eigenvalue weighted by Gasteiger charge is -2.18. The van der Waals surface area contributed by atoms with Gasteiger partial charge in [-0.05, 0) is 25.5 Å². The van der Waals surface area contributed by atoms with Crippen molar-refractivity contribution in [3.8, 4) is 0 Å². The topological polar surface area (TPSA) is 71.8 Å². The van der Waals surface area contributed by atoms with Gasteiger partial charge in [0, 0.05) is 37.4 Å². The number of carbonyl (C=O) groups is 1. The van der Waals surface area contributed by atoms with Gasteiger partial charge >= 0.3 is 6.03 Å². The van der Waals surface area contributed by atoms with Crippen LogP contribution in [0.4, 0.5) is 4.79 Å². The van der Waals surface area contributed by atoms with Crippen molar-refractivity contribution < 1.29 is 4.79 Å². The molecule has 0 radical (unpaired) electrons. The number of nitrogens with one attached hydrogen (secondary N) is 2. The van der Waals surface area contributed by atoms with Gasteiger partial charge in [-0.2, -0.15) is 0 Å². The van der Waals surface area contributed by atoms with Crippen LogP contribution in [0.15, 0.2) is 43.2 Å². The fourth-order valence-electron chi connectivity index (χ4n) is 1.93. The minimum absolute atomic E-state index is 0.0188. The highest BCUT2D eigenvalue weighted by Crippen LogP contribution is 2.09. The van der Waals surface area contributed by atoms with E-state index in [1.807, 2.05) is 36.7 Å². The van der Waals surface area contributed by atoms with Crippen LogP contribution >= 0.6 is 0 Å². The maximum Gasteiger partial charge on any atom is 0.315 e. The first kappa shape index (κ1) is 14.0. The first-order chi connectivity index (χ1) is 9.65. The van der Waals surface area contributed by atoms with Crippen molar-refractivity contribution in [2.24, 2.45) is 0 Å². The Kier molecular flexibility index (Phi) is 4.70. The van der Waals surface area contributed by atoms with E-state index in [4.69, 9.17) is 0 Å². The summed E-state index contributed by atoms with van der Waals surface area (Å²) in [6.45, 7) is 4.57. The number of carbonyl (C=O) groups excluding carboxylic acids is 1. The van der Waals surface area contributed by atoms with Crippen LogP contribution in [-0.2, 0) is 6.54 Å². The van der Waals surface area contributed by atoms with Gasteiger partial charge in [0.05, 0.1) is 12.4 Å². The van der Waals surface area contributed by atoms with Gasteiger partial charge in [-0.3, -0.25) is 4.98 Å². The summed E-state index contributed by atoms with van der Waals surface area (Å²) in [6.07, 6.45) is 8.78. The predicted molar refractivity (Wildman–Crippen MR) is 76.0 cm³/mol. The predicted octanol–water partition coefficient (Wildman–Crippen LogP) is 1.73. The van der Waals surface area contributed by atoms with Crippen molar-refractivity contribution in [2.45, 2.75) is 32.5 Å². The molecule has 0 aliphatic rings. The van der Waals surface area contributed by atoms with Crippen LogP contribution in [0.5, 0.6) is 0 Å². The first-order valence-electron chi connectivity index (χ1n) is 6.58. The molecule has 6 heteroatoms. The highest BCUT2D eigenvalue weighted by molar-refractivity contribution is 5.74. The summed E-state index contributed by atoms with van der Waals surface area (Å²) < 4.78 is 1.93. The molecule has 0 aliphatic carbocycles. The number of imidazole rings is 1. The van der Waals surface area contributed by atoms with E-state index in [0.717, 1.165) is 5.56 Å². The van der Waals surface area contributed by atoms with Gasteiger partial charge in [0.1, 0.15) is 0 Å². The lowest BCUT2D eigenvalue weighted by atomic mass is 10.1. The van der Waals surface area contributed by atoms with E-state index < -0.39 is 0 Å². The molecule has 0 fully saturated rings. The van der Waals surface area contributed by atoms with Crippen molar-refractivity contribution in [3.05, 3.63) is 48.8 Å². The minimum atomic E-state index is -0.186. The molecule has 20 heavy (non-hydrogen) atoms. The van der Waals surface area contributed by atoms with Crippen LogP contribution in [0.3, 0.4) is 0 Å². The molecular weight excluding hydrogens is 254 g/mol. The average molecular weight is 273 g/mol. The number of urea groups is 1. The summed E-state index contributed by atoms with van der Waals surface area (Å²) in [7, 11) is 0. The summed E-state index contributed by atoms with van der Waals surface area (Å²) in [4.78, 5) is 19.9. The van der Waals surface area contributed by atoms with Crippen molar-refractivity contribution in [1.29, 1.82) is 0 Å². The third-order valence-corrected chi connectivity index (χ3v) is 2.95. The summed E-state index contributed by atoms with van der Waals surface area (Å²) in [5.74, 6) is 0. The van der Waals surface area contributed by atoms with Crippen LogP contribution in [0.1, 0.15) is 25.5 Å². The molecule has 2 amide bonds. The summed E-state index contributed by atoms with van der Waals surface area (Å²) in [5.41, 5.74) is 0.977. The van der Waals surface area contributed by atoms with Crippen molar-refractivity contribution in [2.75, 3.05) is 0 Å². The standard InChI is InChI=1S/C14H19N5O/c1-11(9-19-7-6-16-10-19)17-14(20)18-12(2)13-4-3-5-15-8-13/h3-8,10-12H,9H2,1-2H3,(H2,17,18,20)/t11-,12-/m0/s1. The molecule has 0 bridgehead atoms. The van der Waals surface area contributed by atoms with E-state index in [9.17, 15) is 4.79 Å². The van der Waals surface area contributed by atoms with Gasteiger partial charge in [-0.1, -0.05) is 6.07 Å². The average Bonchev–Trinajstić information content (AvgIpc) is 2.92. The fraction of sp³-hybridized carbons (Fsp3) is 0.357. The van der Waals surface area contributed by atoms with Gasteiger partial charge in [0.2, 0.25) is 0 Å². The van der Waals surface area contributed by atoms with Gasteiger partial charge in [0.15, 0.2) is 0 Å². The lowest BCUT2D eigenvalue weighted by Crippen LogP contribution is -2.43. The van der Waals surface area contributed by atoms with Crippen LogP contribution in [0.2, 0.25) is 0 Å². The lowest BCUT2D eigenvalue weighted by molar-refractivity contribution is 0.233. The molecule has 106 valence electrons. The number of amides is 2. The molecule has 0 saturated carbocycles. The zero-order valence-electron chi connectivity index (χ0n) is 11.7. The van der Waals surface area contributed by atoms with Gasteiger partial charge in [-0.25, -0.2) is 9.78 Å². The van der Waals surface area contributed by atoms with Crippen LogP contribution in [-0.4, -0.2) is 26.6 Å². The highest BCUT2D eigenvalue weighted by Gasteiger charge is 2.11. The van der Waals surface area contributed by atoms with E-state index in [2.05, 4.69) is 20.6 Å². The van der Waals surface area contributed by atoms with Crippen LogP contribution < -0.4 is 10.6 Å². The third-order valence-electron chi connectivity index (χ3n) is 2.95. The van der Waals surface area contributed by atoms with Crippen molar-refractivity contribution >= 4 is 6.03 Å². The van der Waals surface area contributed by atoms with E-state index in [-0.39, 0.29) is 18.1 Å². The van der Waals surface area contributed by atoms with E-state index >= 15 is 0 Å². The Morgan fingerprint density at radius 1 is 1.30 bits per heavy atom. The molecule has 0 saturated heterocycles. The quantitative estimate of drug-likeness (QED) is 0.871. The number of pyridine rings is 1. The Balaban J connectivity index is 1.80. The maximum atomic E-state index is 11.9. The molecule has 2 rings (SSSR count). The Hall–Kier alpha value is -2.37. The Labute approximate surface area is 118 Å². The molecule has 2 N–H and O–H groups in total. The van der Waals surface area contributed by atoms with Gasteiger partial charge in [0.25, 0.3) is 0 Å². The number of aromatic nitrogens is 3. The second-order valence-electron chi connectivity index (χ2n) is 4.79. The SMILES string of the molecule is C[C@H](NC(=O)N[C@@H](C)Cn1ccnc1)c1cccnc1. The molecule has 0 spiro atoms. The molecule has 2 atom stereocenters. The van der Waals surface area contributed by atoms with Crippen molar-refractivity contribution in [3.63, 3.8) is 0 Å². The van der Waals surface area contributed by atoms with Gasteiger partial charge < -0.3 is 15.2 Å². The summed E-state index contributed by atoms with van der Waals surface area (Å²) >= 11 is 0. The van der Waals surface area contributed by atoms with Gasteiger partial charge in [-0.15, -0.1) is 0 Å². The Bertz CT molecular complexity index is 526. The molecule has 2 heterocycles. The van der Waals surface area contributed by atoms with Crippen molar-refractivity contribution in [1.82, 2.24) is 25.2 Å². The maximum absolute atomic E-state index is 11.9. The molecule has 6 nitrogen and oxygen atoms in total. The number of hydrogen-bond donors (Lipinski definition) is 2. The van der Waals surface area contributed by atoms with E-state index in [1.165, 1.54) is 0 Å². The van der Waals surface area contributed by atoms with E-state index in [1.54, 1.807) is 24.9 Å². The highest BCUT2D eigenvalue weighted by atomic mass is 16.2. The zero-order valence-corrected chi connectivity index (χ0v) is 11.7.